The summed E-state index contributed by atoms with van der Waals surface area (Å²) in [6.07, 6.45) is 0.155. The predicted octanol–water partition coefficient (Wildman–Crippen LogP) is 4.43. The third-order valence-corrected chi connectivity index (χ3v) is 4.69. The van der Waals surface area contributed by atoms with E-state index in [2.05, 4.69) is 15.0 Å². The number of rotatable bonds is 2. The van der Waals surface area contributed by atoms with Crippen molar-refractivity contribution in [2.75, 3.05) is 18.0 Å². The van der Waals surface area contributed by atoms with Gasteiger partial charge in [-0.15, -0.1) is 0 Å². The highest BCUT2D eigenvalue weighted by Crippen LogP contribution is 2.32. The fourth-order valence-electron chi connectivity index (χ4n) is 3.46. The molecule has 1 atom stereocenters. The molecule has 1 aliphatic heterocycles. The summed E-state index contributed by atoms with van der Waals surface area (Å²) in [6.45, 7) is 1.32. The van der Waals surface area contributed by atoms with Gasteiger partial charge >= 0.3 is 6.18 Å². The van der Waals surface area contributed by atoms with E-state index >= 15 is 0 Å². The van der Waals surface area contributed by atoms with Gasteiger partial charge < -0.3 is 4.90 Å². The van der Waals surface area contributed by atoms with Crippen LogP contribution in [-0.2, 0) is 6.18 Å². The van der Waals surface area contributed by atoms with Crippen molar-refractivity contribution >= 4 is 16.6 Å². The number of piperidine rings is 1. The first kappa shape index (κ1) is 16.8. The normalized spacial score (nSPS) is 18.5. The molecule has 0 bridgehead atoms. The number of hydrogen-bond acceptors (Lipinski definition) is 3. The third-order valence-electron chi connectivity index (χ3n) is 4.69. The van der Waals surface area contributed by atoms with E-state index < -0.39 is 11.9 Å². The maximum Gasteiger partial charge on any atom is 0.435 e. The summed E-state index contributed by atoms with van der Waals surface area (Å²) in [6, 6.07) is 7.16. The lowest BCUT2D eigenvalue weighted by atomic mass is 10.0. The van der Waals surface area contributed by atoms with E-state index in [0.29, 0.717) is 12.1 Å². The quantitative estimate of drug-likeness (QED) is 0.631. The molecule has 1 unspecified atom stereocenters. The molecule has 26 heavy (non-hydrogen) atoms. The molecule has 0 N–H and O–H groups in total. The van der Waals surface area contributed by atoms with Crippen molar-refractivity contribution < 1.29 is 17.6 Å². The molecule has 0 amide bonds. The molecule has 4 nitrogen and oxygen atoms in total. The Morgan fingerprint density at radius 3 is 2.73 bits per heavy atom. The van der Waals surface area contributed by atoms with Crippen molar-refractivity contribution in [3.05, 3.63) is 54.2 Å². The third kappa shape index (κ3) is 3.11. The number of pyridine rings is 1. The van der Waals surface area contributed by atoms with Gasteiger partial charge in [0.05, 0.1) is 11.6 Å². The van der Waals surface area contributed by atoms with Crippen LogP contribution >= 0.6 is 0 Å². The highest BCUT2D eigenvalue weighted by atomic mass is 19.4. The van der Waals surface area contributed by atoms with Gasteiger partial charge in [-0.3, -0.25) is 9.67 Å². The molecule has 0 spiro atoms. The van der Waals surface area contributed by atoms with E-state index in [0.717, 1.165) is 36.5 Å². The molecule has 4 rings (SSSR count). The summed E-state index contributed by atoms with van der Waals surface area (Å²) < 4.78 is 53.2. The van der Waals surface area contributed by atoms with Crippen molar-refractivity contribution in [2.45, 2.75) is 25.1 Å². The summed E-state index contributed by atoms with van der Waals surface area (Å²) in [5.41, 5.74) is 0.588. The molecule has 1 aliphatic rings. The first-order valence-corrected chi connectivity index (χ1v) is 8.33. The predicted molar refractivity (Wildman–Crippen MR) is 89.4 cm³/mol. The number of nitrogens with zero attached hydrogens (tertiary/aromatic N) is 4. The van der Waals surface area contributed by atoms with E-state index in [1.807, 2.05) is 6.07 Å². The average molecular weight is 364 g/mol. The Labute approximate surface area is 147 Å². The van der Waals surface area contributed by atoms with Gasteiger partial charge in [0.1, 0.15) is 5.82 Å². The number of hydrogen-bond donors (Lipinski definition) is 0. The lowest BCUT2D eigenvalue weighted by molar-refractivity contribution is -0.141. The molecule has 0 aliphatic carbocycles. The van der Waals surface area contributed by atoms with Crippen molar-refractivity contribution in [1.82, 2.24) is 14.8 Å². The summed E-state index contributed by atoms with van der Waals surface area (Å²) in [4.78, 5) is 6.30. The minimum absolute atomic E-state index is 0.150. The number of benzene rings is 1. The highest BCUT2D eigenvalue weighted by molar-refractivity contribution is 5.91. The molecule has 1 saturated heterocycles. The smallest absolute Gasteiger partial charge is 0.369 e. The van der Waals surface area contributed by atoms with Crippen LogP contribution in [0.4, 0.5) is 23.2 Å². The first-order chi connectivity index (χ1) is 12.4. The van der Waals surface area contributed by atoms with Crippen LogP contribution in [0.5, 0.6) is 0 Å². The van der Waals surface area contributed by atoms with Gasteiger partial charge in [0, 0.05) is 42.6 Å². The minimum atomic E-state index is -4.44. The van der Waals surface area contributed by atoms with Gasteiger partial charge in [-0.25, -0.2) is 4.39 Å². The number of fused-ring (bicyclic) bond motifs is 1. The molecule has 3 aromatic rings. The highest BCUT2D eigenvalue weighted by Gasteiger charge is 2.34. The lowest BCUT2D eigenvalue weighted by Crippen LogP contribution is -2.37. The van der Waals surface area contributed by atoms with Crippen molar-refractivity contribution in [2.24, 2.45) is 0 Å². The Kier molecular flexibility index (Phi) is 4.05. The lowest BCUT2D eigenvalue weighted by Gasteiger charge is -2.35. The van der Waals surface area contributed by atoms with Crippen LogP contribution in [0.1, 0.15) is 24.6 Å². The molecule has 0 radical (unpaired) electrons. The molecule has 1 aromatic carbocycles. The summed E-state index contributed by atoms with van der Waals surface area (Å²) >= 11 is 0. The van der Waals surface area contributed by atoms with E-state index in [1.165, 1.54) is 23.0 Å². The van der Waals surface area contributed by atoms with Crippen LogP contribution in [0.2, 0.25) is 0 Å². The molecule has 8 heteroatoms. The largest absolute Gasteiger partial charge is 0.435 e. The Morgan fingerprint density at radius 1 is 1.12 bits per heavy atom. The SMILES string of the molecule is Fc1ccc2c(N3CCCC(n4ccc(C(F)(F)F)n4)C3)ccnc2c1. The molecule has 2 aromatic heterocycles. The Balaban J connectivity index is 1.62. The molecule has 0 saturated carbocycles. The fourth-order valence-corrected chi connectivity index (χ4v) is 3.46. The zero-order valence-electron chi connectivity index (χ0n) is 13.7. The van der Waals surface area contributed by atoms with Gasteiger partial charge in [-0.1, -0.05) is 0 Å². The van der Waals surface area contributed by atoms with Gasteiger partial charge in [0.2, 0.25) is 0 Å². The molecular formula is C18H16F4N4. The van der Waals surface area contributed by atoms with Crippen LogP contribution in [0.3, 0.4) is 0 Å². The Morgan fingerprint density at radius 2 is 1.96 bits per heavy atom. The molecule has 136 valence electrons. The molecular weight excluding hydrogens is 348 g/mol. The average Bonchev–Trinajstić information content (AvgIpc) is 3.11. The number of alkyl halides is 3. The van der Waals surface area contributed by atoms with Crippen LogP contribution < -0.4 is 4.90 Å². The minimum Gasteiger partial charge on any atom is -0.369 e. The number of aromatic nitrogens is 3. The van der Waals surface area contributed by atoms with Gasteiger partial charge in [0.15, 0.2) is 5.69 Å². The maximum atomic E-state index is 13.4. The van der Waals surface area contributed by atoms with Crippen molar-refractivity contribution in [3.63, 3.8) is 0 Å². The number of halogens is 4. The zero-order valence-corrected chi connectivity index (χ0v) is 13.7. The Hall–Kier alpha value is -2.64. The second kappa shape index (κ2) is 6.26. The summed E-state index contributed by atoms with van der Waals surface area (Å²) in [7, 11) is 0. The van der Waals surface area contributed by atoms with Crippen LogP contribution in [-0.4, -0.2) is 27.9 Å². The second-order valence-corrected chi connectivity index (χ2v) is 6.41. The van der Waals surface area contributed by atoms with Crippen LogP contribution in [0.15, 0.2) is 42.7 Å². The Bertz CT molecular complexity index is 934. The van der Waals surface area contributed by atoms with Crippen LogP contribution in [0.25, 0.3) is 10.9 Å². The second-order valence-electron chi connectivity index (χ2n) is 6.41. The van der Waals surface area contributed by atoms with Crippen molar-refractivity contribution in [1.29, 1.82) is 0 Å². The van der Waals surface area contributed by atoms with Crippen LogP contribution in [0, 0.1) is 5.82 Å². The summed E-state index contributed by atoms with van der Waals surface area (Å²) in [5.74, 6) is -0.352. The van der Waals surface area contributed by atoms with E-state index in [4.69, 9.17) is 0 Å². The van der Waals surface area contributed by atoms with Gasteiger partial charge in [-0.05, 0) is 37.1 Å². The van der Waals surface area contributed by atoms with E-state index in [1.54, 1.807) is 12.3 Å². The first-order valence-electron chi connectivity index (χ1n) is 8.33. The standard InChI is InChI=1S/C18H16F4N4/c19-12-3-4-14-15(10-12)23-7-5-16(14)25-8-1-2-13(11-25)26-9-6-17(24-26)18(20,21)22/h3-7,9-10,13H,1-2,8,11H2. The monoisotopic (exact) mass is 364 g/mol. The van der Waals surface area contributed by atoms with E-state index in [9.17, 15) is 17.6 Å². The fraction of sp³-hybridized carbons (Fsp3) is 0.333. The van der Waals surface area contributed by atoms with E-state index in [-0.39, 0.29) is 11.9 Å². The topological polar surface area (TPSA) is 34.0 Å². The van der Waals surface area contributed by atoms with Crippen molar-refractivity contribution in [3.8, 4) is 0 Å². The van der Waals surface area contributed by atoms with Gasteiger partial charge in [0.25, 0.3) is 0 Å². The maximum absolute atomic E-state index is 13.4. The van der Waals surface area contributed by atoms with Gasteiger partial charge in [-0.2, -0.15) is 18.3 Å². The molecule has 1 fully saturated rings. The number of anilines is 1. The zero-order chi connectivity index (χ0) is 18.3. The molecule has 3 heterocycles. The summed E-state index contributed by atoms with van der Waals surface area (Å²) in [5, 5.41) is 4.54.